The van der Waals surface area contributed by atoms with Gasteiger partial charge >= 0.3 is 12.0 Å². The fraction of sp³-hybridized carbons (Fsp3) is 0.312. The Morgan fingerprint density at radius 2 is 2.00 bits per heavy atom. The van der Waals surface area contributed by atoms with E-state index in [4.69, 9.17) is 4.74 Å². The number of benzene rings is 1. The standard InChI is InChI=1S/C16H17N3O6S/c1-9(2)7-17-16(22)18-14(20)8-25-15(21)13-6-10-5-11(19(23)24)3-4-12(10)26-13/h3-6,9H,7-8H2,1-2H3,(H2,17,18,20,22). The number of imide groups is 1. The van der Waals surface area contributed by atoms with Gasteiger partial charge in [0.25, 0.3) is 11.6 Å². The Bertz CT molecular complexity index is 861. The number of non-ortho nitro benzene ring substituents is 1. The second-order valence-electron chi connectivity index (χ2n) is 5.82. The Morgan fingerprint density at radius 1 is 1.27 bits per heavy atom. The Morgan fingerprint density at radius 3 is 2.65 bits per heavy atom. The van der Waals surface area contributed by atoms with Crippen molar-refractivity contribution in [2.75, 3.05) is 13.2 Å². The number of hydrogen-bond donors (Lipinski definition) is 2. The van der Waals surface area contributed by atoms with E-state index in [1.54, 1.807) is 6.07 Å². The molecule has 0 atom stereocenters. The van der Waals surface area contributed by atoms with Crippen LogP contribution in [0.1, 0.15) is 23.5 Å². The van der Waals surface area contributed by atoms with Crippen LogP contribution >= 0.6 is 11.3 Å². The van der Waals surface area contributed by atoms with E-state index in [-0.39, 0.29) is 16.5 Å². The number of thiophene rings is 1. The summed E-state index contributed by atoms with van der Waals surface area (Å²) in [5.74, 6) is -1.26. The topological polar surface area (TPSA) is 128 Å². The highest BCUT2D eigenvalue weighted by molar-refractivity contribution is 7.20. The third-order valence-corrected chi connectivity index (χ3v) is 4.27. The minimum Gasteiger partial charge on any atom is -0.451 e. The Hall–Kier alpha value is -3.01. The smallest absolute Gasteiger partial charge is 0.348 e. The number of hydrogen-bond acceptors (Lipinski definition) is 7. The quantitative estimate of drug-likeness (QED) is 0.451. The number of urea groups is 1. The van der Waals surface area contributed by atoms with Gasteiger partial charge in [-0.3, -0.25) is 20.2 Å². The summed E-state index contributed by atoms with van der Waals surface area (Å²) < 4.78 is 5.55. The number of nitro benzene ring substituents is 1. The molecule has 26 heavy (non-hydrogen) atoms. The maximum atomic E-state index is 12.0. The summed E-state index contributed by atoms with van der Waals surface area (Å²) in [5.41, 5.74) is -0.0815. The molecule has 0 aliphatic carbocycles. The van der Waals surface area contributed by atoms with Crippen LogP contribution in [-0.2, 0) is 9.53 Å². The predicted molar refractivity (Wildman–Crippen MR) is 95.1 cm³/mol. The lowest BCUT2D eigenvalue weighted by molar-refractivity contribution is -0.384. The molecule has 0 aliphatic heterocycles. The van der Waals surface area contributed by atoms with E-state index in [9.17, 15) is 24.5 Å². The number of nitrogens with zero attached hydrogens (tertiary/aromatic N) is 1. The first kappa shape index (κ1) is 19.3. The van der Waals surface area contributed by atoms with Crippen molar-refractivity contribution in [1.82, 2.24) is 10.6 Å². The van der Waals surface area contributed by atoms with Crippen LogP contribution in [0.4, 0.5) is 10.5 Å². The molecule has 9 nitrogen and oxygen atoms in total. The second kappa shape index (κ2) is 8.39. The van der Waals surface area contributed by atoms with Gasteiger partial charge in [-0.25, -0.2) is 9.59 Å². The molecule has 3 amide bonds. The molecule has 0 saturated carbocycles. The third-order valence-electron chi connectivity index (χ3n) is 3.17. The first-order chi connectivity index (χ1) is 12.3. The van der Waals surface area contributed by atoms with Crippen molar-refractivity contribution in [3.63, 3.8) is 0 Å². The molecule has 1 heterocycles. The van der Waals surface area contributed by atoms with Gasteiger partial charge in [-0.1, -0.05) is 13.8 Å². The summed E-state index contributed by atoms with van der Waals surface area (Å²) in [5, 5.41) is 15.9. The highest BCUT2D eigenvalue weighted by Gasteiger charge is 2.16. The SMILES string of the molecule is CC(C)CNC(=O)NC(=O)COC(=O)c1cc2cc([N+](=O)[O-])ccc2s1. The van der Waals surface area contributed by atoms with Crippen molar-refractivity contribution in [3.05, 3.63) is 39.3 Å². The molecular weight excluding hydrogens is 362 g/mol. The number of nitrogens with one attached hydrogen (secondary N) is 2. The number of fused-ring (bicyclic) bond motifs is 1. The van der Waals surface area contributed by atoms with Crippen molar-refractivity contribution in [3.8, 4) is 0 Å². The molecule has 10 heteroatoms. The average Bonchev–Trinajstić information content (AvgIpc) is 3.01. The van der Waals surface area contributed by atoms with Crippen molar-refractivity contribution >= 4 is 45.0 Å². The largest absolute Gasteiger partial charge is 0.451 e. The lowest BCUT2D eigenvalue weighted by atomic mass is 10.2. The minimum absolute atomic E-state index is 0.0815. The molecule has 0 bridgehead atoms. The fourth-order valence-corrected chi connectivity index (χ4v) is 2.89. The Labute approximate surface area is 152 Å². The lowest BCUT2D eigenvalue weighted by Crippen LogP contribution is -2.42. The predicted octanol–water partition coefficient (Wildman–Crippen LogP) is 2.45. The summed E-state index contributed by atoms with van der Waals surface area (Å²) >= 11 is 1.09. The van der Waals surface area contributed by atoms with E-state index in [1.807, 2.05) is 13.8 Å². The van der Waals surface area contributed by atoms with E-state index >= 15 is 0 Å². The second-order valence-corrected chi connectivity index (χ2v) is 6.90. The molecule has 0 spiro atoms. The lowest BCUT2D eigenvalue weighted by Gasteiger charge is -2.08. The molecule has 0 saturated heterocycles. The third kappa shape index (κ3) is 5.24. The van der Waals surface area contributed by atoms with Gasteiger partial charge in [0.15, 0.2) is 6.61 Å². The van der Waals surface area contributed by atoms with Crippen LogP contribution in [0.2, 0.25) is 0 Å². The zero-order valence-corrected chi connectivity index (χ0v) is 14.9. The van der Waals surface area contributed by atoms with Crippen LogP contribution < -0.4 is 10.6 Å². The zero-order valence-electron chi connectivity index (χ0n) is 14.1. The molecule has 2 aromatic rings. The van der Waals surface area contributed by atoms with Crippen LogP contribution in [0.5, 0.6) is 0 Å². The van der Waals surface area contributed by atoms with Crippen LogP contribution in [0, 0.1) is 16.0 Å². The van der Waals surface area contributed by atoms with Gasteiger partial charge in [-0.05, 0) is 18.1 Å². The summed E-state index contributed by atoms with van der Waals surface area (Å²) in [6.45, 7) is 3.61. The molecule has 2 rings (SSSR count). The molecule has 0 radical (unpaired) electrons. The zero-order chi connectivity index (χ0) is 19.3. The molecule has 138 valence electrons. The van der Waals surface area contributed by atoms with Crippen LogP contribution in [-0.4, -0.2) is 36.0 Å². The molecule has 0 unspecified atom stereocenters. The highest BCUT2D eigenvalue weighted by Crippen LogP contribution is 2.29. The summed E-state index contributed by atoms with van der Waals surface area (Å²) in [4.78, 5) is 45.5. The van der Waals surface area contributed by atoms with E-state index < -0.39 is 29.4 Å². The fourth-order valence-electron chi connectivity index (χ4n) is 1.95. The number of carbonyl (C=O) groups is 3. The molecule has 1 aromatic heterocycles. The van der Waals surface area contributed by atoms with Gasteiger partial charge in [0, 0.05) is 28.8 Å². The Balaban J connectivity index is 1.91. The number of amides is 3. The first-order valence-corrected chi connectivity index (χ1v) is 8.50. The first-order valence-electron chi connectivity index (χ1n) is 7.69. The summed E-state index contributed by atoms with van der Waals surface area (Å²) in [6.07, 6.45) is 0. The van der Waals surface area contributed by atoms with Gasteiger partial charge in [-0.15, -0.1) is 11.3 Å². The highest BCUT2D eigenvalue weighted by atomic mass is 32.1. The monoisotopic (exact) mass is 379 g/mol. The number of esters is 1. The van der Waals surface area contributed by atoms with Crippen LogP contribution in [0.15, 0.2) is 24.3 Å². The minimum atomic E-state index is -0.753. The molecule has 1 aromatic carbocycles. The van der Waals surface area contributed by atoms with Gasteiger partial charge in [-0.2, -0.15) is 0 Å². The number of ether oxygens (including phenoxy) is 1. The number of nitro groups is 1. The van der Waals surface area contributed by atoms with Crippen molar-refractivity contribution in [2.45, 2.75) is 13.8 Å². The maximum absolute atomic E-state index is 12.0. The van der Waals surface area contributed by atoms with Gasteiger partial charge in [0.1, 0.15) is 4.88 Å². The van der Waals surface area contributed by atoms with E-state index in [2.05, 4.69) is 10.6 Å². The summed E-state index contributed by atoms with van der Waals surface area (Å²) in [6, 6.07) is 5.04. The van der Waals surface area contributed by atoms with Crippen molar-refractivity contribution in [2.24, 2.45) is 5.92 Å². The Kier molecular flexibility index (Phi) is 6.23. The van der Waals surface area contributed by atoms with Gasteiger partial charge in [0.2, 0.25) is 0 Å². The average molecular weight is 379 g/mol. The molecular formula is C16H17N3O6S. The van der Waals surface area contributed by atoms with Gasteiger partial charge < -0.3 is 10.1 Å². The van der Waals surface area contributed by atoms with Gasteiger partial charge in [0.05, 0.1) is 4.92 Å². The van der Waals surface area contributed by atoms with E-state index in [0.29, 0.717) is 16.6 Å². The van der Waals surface area contributed by atoms with Crippen LogP contribution in [0.25, 0.3) is 10.1 Å². The number of rotatable bonds is 6. The molecule has 2 N–H and O–H groups in total. The van der Waals surface area contributed by atoms with E-state index in [0.717, 1.165) is 11.3 Å². The van der Waals surface area contributed by atoms with Crippen molar-refractivity contribution in [1.29, 1.82) is 0 Å². The molecule has 0 fully saturated rings. The maximum Gasteiger partial charge on any atom is 0.348 e. The van der Waals surface area contributed by atoms with E-state index in [1.165, 1.54) is 18.2 Å². The molecule has 0 aliphatic rings. The summed E-state index contributed by atoms with van der Waals surface area (Å²) in [7, 11) is 0. The number of carbonyl (C=O) groups excluding carboxylic acids is 3. The van der Waals surface area contributed by atoms with Crippen molar-refractivity contribution < 1.29 is 24.0 Å². The van der Waals surface area contributed by atoms with Crippen LogP contribution in [0.3, 0.4) is 0 Å². The normalized spacial score (nSPS) is 10.6.